The molecule has 0 unspecified atom stereocenters. The second-order valence-corrected chi connectivity index (χ2v) is 5.80. The first-order valence-corrected chi connectivity index (χ1v) is 7.98. The number of para-hydroxylation sites is 4. The number of carbonyl (C=O) groups excluding carboxylic acids is 1. The molecule has 5 heteroatoms. The minimum atomic E-state index is -0.151. The van der Waals surface area contributed by atoms with Crippen LogP contribution in [-0.2, 0) is 4.79 Å². The van der Waals surface area contributed by atoms with Crippen LogP contribution in [0.2, 0.25) is 0 Å². The van der Waals surface area contributed by atoms with Gasteiger partial charge in [-0.3, -0.25) is 4.79 Å². The quantitative estimate of drug-likeness (QED) is 0.774. The molecule has 0 aliphatic carbocycles. The molecular formula is C19H24N2O3. The maximum Gasteiger partial charge on any atom is 0.243 e. The van der Waals surface area contributed by atoms with Gasteiger partial charge < -0.3 is 20.1 Å². The van der Waals surface area contributed by atoms with Crippen LogP contribution < -0.4 is 20.1 Å². The standard InChI is InChI=1S/C19H24N2O3/c1-14(2)13-24-18-11-7-5-9-16(18)21-19(22)12-20-15-8-4-6-10-17(15)23-3/h4-11,14,20H,12-13H2,1-3H3,(H,21,22). The topological polar surface area (TPSA) is 59.6 Å². The van der Waals surface area contributed by atoms with Gasteiger partial charge in [-0.15, -0.1) is 0 Å². The summed E-state index contributed by atoms with van der Waals surface area (Å²) in [4.78, 5) is 12.2. The first kappa shape index (κ1) is 17.7. The van der Waals surface area contributed by atoms with E-state index in [9.17, 15) is 4.79 Å². The molecule has 2 N–H and O–H groups in total. The van der Waals surface area contributed by atoms with Gasteiger partial charge in [0.1, 0.15) is 11.5 Å². The van der Waals surface area contributed by atoms with Crippen molar-refractivity contribution in [2.24, 2.45) is 5.92 Å². The maximum absolute atomic E-state index is 12.2. The zero-order chi connectivity index (χ0) is 17.4. The number of nitrogens with one attached hydrogen (secondary N) is 2. The number of hydrogen-bond donors (Lipinski definition) is 2. The van der Waals surface area contributed by atoms with Crippen molar-refractivity contribution < 1.29 is 14.3 Å². The molecule has 0 heterocycles. The van der Waals surface area contributed by atoms with Gasteiger partial charge in [-0.1, -0.05) is 38.1 Å². The third-order valence-corrected chi connectivity index (χ3v) is 3.28. The molecule has 5 nitrogen and oxygen atoms in total. The van der Waals surface area contributed by atoms with E-state index in [0.29, 0.717) is 29.7 Å². The summed E-state index contributed by atoms with van der Waals surface area (Å²) in [5.41, 5.74) is 1.45. The molecular weight excluding hydrogens is 304 g/mol. The minimum Gasteiger partial charge on any atom is -0.495 e. The molecule has 128 valence electrons. The monoisotopic (exact) mass is 328 g/mol. The summed E-state index contributed by atoms with van der Waals surface area (Å²) in [6.45, 7) is 4.90. The Hall–Kier alpha value is -2.69. The summed E-state index contributed by atoms with van der Waals surface area (Å²) >= 11 is 0. The van der Waals surface area contributed by atoms with Crippen LogP contribution in [0, 0.1) is 5.92 Å². The highest BCUT2D eigenvalue weighted by Gasteiger charge is 2.09. The Morgan fingerprint density at radius 3 is 2.29 bits per heavy atom. The van der Waals surface area contributed by atoms with Gasteiger partial charge in [-0.2, -0.15) is 0 Å². The van der Waals surface area contributed by atoms with E-state index >= 15 is 0 Å². The van der Waals surface area contributed by atoms with E-state index in [2.05, 4.69) is 24.5 Å². The van der Waals surface area contributed by atoms with Crippen LogP contribution >= 0.6 is 0 Å². The van der Waals surface area contributed by atoms with Gasteiger partial charge in [0, 0.05) is 0 Å². The number of ether oxygens (including phenoxy) is 2. The van der Waals surface area contributed by atoms with E-state index in [1.165, 1.54) is 0 Å². The fraction of sp³-hybridized carbons (Fsp3) is 0.316. The molecule has 0 aliphatic heterocycles. The number of amides is 1. The van der Waals surface area contributed by atoms with Crippen LogP contribution in [0.3, 0.4) is 0 Å². The second kappa shape index (κ2) is 8.82. The fourth-order valence-corrected chi connectivity index (χ4v) is 2.11. The smallest absolute Gasteiger partial charge is 0.243 e. The summed E-state index contributed by atoms with van der Waals surface area (Å²) in [6, 6.07) is 14.9. The first-order valence-electron chi connectivity index (χ1n) is 7.98. The Bertz CT molecular complexity index is 671. The predicted molar refractivity (Wildman–Crippen MR) is 96.9 cm³/mol. The van der Waals surface area contributed by atoms with Gasteiger partial charge in [0.15, 0.2) is 0 Å². The molecule has 0 saturated carbocycles. The van der Waals surface area contributed by atoms with E-state index in [0.717, 1.165) is 5.69 Å². The van der Waals surface area contributed by atoms with Crippen LogP contribution in [-0.4, -0.2) is 26.2 Å². The van der Waals surface area contributed by atoms with Crippen molar-refractivity contribution >= 4 is 17.3 Å². The first-order chi connectivity index (χ1) is 11.6. The normalized spacial score (nSPS) is 10.3. The molecule has 0 aliphatic rings. The lowest BCUT2D eigenvalue weighted by molar-refractivity contribution is -0.114. The summed E-state index contributed by atoms with van der Waals surface area (Å²) in [7, 11) is 1.60. The average Bonchev–Trinajstić information content (AvgIpc) is 2.59. The number of carbonyl (C=O) groups is 1. The molecule has 0 fully saturated rings. The Labute approximate surface area is 143 Å². The highest BCUT2D eigenvalue weighted by atomic mass is 16.5. The van der Waals surface area contributed by atoms with Crippen LogP contribution in [0.5, 0.6) is 11.5 Å². The van der Waals surface area contributed by atoms with Crippen LogP contribution in [0.15, 0.2) is 48.5 Å². The van der Waals surface area contributed by atoms with Crippen molar-refractivity contribution in [1.82, 2.24) is 0 Å². The van der Waals surface area contributed by atoms with Crippen molar-refractivity contribution in [3.63, 3.8) is 0 Å². The molecule has 0 bridgehead atoms. The van der Waals surface area contributed by atoms with Crippen molar-refractivity contribution in [2.75, 3.05) is 30.9 Å². The maximum atomic E-state index is 12.2. The SMILES string of the molecule is COc1ccccc1NCC(=O)Nc1ccccc1OCC(C)C. The van der Waals surface area contributed by atoms with E-state index in [1.54, 1.807) is 7.11 Å². The van der Waals surface area contributed by atoms with Crippen LogP contribution in [0.4, 0.5) is 11.4 Å². The Morgan fingerprint density at radius 1 is 1.00 bits per heavy atom. The van der Waals surface area contributed by atoms with Gasteiger partial charge in [0.25, 0.3) is 0 Å². The van der Waals surface area contributed by atoms with Crippen LogP contribution in [0.1, 0.15) is 13.8 Å². The zero-order valence-electron chi connectivity index (χ0n) is 14.3. The van der Waals surface area contributed by atoms with Gasteiger partial charge in [-0.25, -0.2) is 0 Å². The lowest BCUT2D eigenvalue weighted by atomic mass is 10.2. The Balaban J connectivity index is 1.95. The van der Waals surface area contributed by atoms with Gasteiger partial charge >= 0.3 is 0 Å². The largest absolute Gasteiger partial charge is 0.495 e. The lowest BCUT2D eigenvalue weighted by Gasteiger charge is -2.14. The number of anilines is 2. The third-order valence-electron chi connectivity index (χ3n) is 3.28. The van der Waals surface area contributed by atoms with E-state index in [1.807, 2.05) is 48.5 Å². The molecule has 1 amide bonds. The number of methoxy groups -OCH3 is 1. The van der Waals surface area contributed by atoms with Crippen molar-refractivity contribution in [1.29, 1.82) is 0 Å². The summed E-state index contributed by atoms with van der Waals surface area (Å²) in [6.07, 6.45) is 0. The van der Waals surface area contributed by atoms with Gasteiger partial charge in [0.2, 0.25) is 5.91 Å². The molecule has 0 radical (unpaired) electrons. The Morgan fingerprint density at radius 2 is 1.62 bits per heavy atom. The molecule has 0 spiro atoms. The molecule has 2 rings (SSSR count). The molecule has 2 aromatic rings. The van der Waals surface area contributed by atoms with Crippen molar-refractivity contribution in [3.8, 4) is 11.5 Å². The summed E-state index contributed by atoms with van der Waals surface area (Å²) in [5, 5.41) is 5.95. The Kier molecular flexibility index (Phi) is 6.49. The highest BCUT2D eigenvalue weighted by Crippen LogP contribution is 2.25. The van der Waals surface area contributed by atoms with E-state index in [4.69, 9.17) is 9.47 Å². The average molecular weight is 328 g/mol. The third kappa shape index (κ3) is 5.19. The lowest BCUT2D eigenvalue weighted by Crippen LogP contribution is -2.22. The molecule has 0 atom stereocenters. The van der Waals surface area contributed by atoms with Gasteiger partial charge in [0.05, 0.1) is 31.6 Å². The van der Waals surface area contributed by atoms with E-state index < -0.39 is 0 Å². The van der Waals surface area contributed by atoms with Gasteiger partial charge in [-0.05, 0) is 30.2 Å². The number of hydrogen-bond acceptors (Lipinski definition) is 4. The number of benzene rings is 2. The van der Waals surface area contributed by atoms with Crippen LogP contribution in [0.25, 0.3) is 0 Å². The summed E-state index contributed by atoms with van der Waals surface area (Å²) < 4.78 is 11.0. The van der Waals surface area contributed by atoms with Crippen molar-refractivity contribution in [3.05, 3.63) is 48.5 Å². The molecule has 24 heavy (non-hydrogen) atoms. The van der Waals surface area contributed by atoms with Crippen molar-refractivity contribution in [2.45, 2.75) is 13.8 Å². The molecule has 2 aromatic carbocycles. The highest BCUT2D eigenvalue weighted by molar-refractivity contribution is 5.95. The van der Waals surface area contributed by atoms with E-state index in [-0.39, 0.29) is 12.5 Å². The predicted octanol–water partition coefficient (Wildman–Crippen LogP) is 3.78. The summed E-state index contributed by atoms with van der Waals surface area (Å²) in [5.74, 6) is 1.64. The molecule has 0 aromatic heterocycles. The second-order valence-electron chi connectivity index (χ2n) is 5.80. The zero-order valence-corrected chi connectivity index (χ0v) is 14.3. The number of rotatable bonds is 8. The molecule has 0 saturated heterocycles. The minimum absolute atomic E-state index is 0.138. The fourth-order valence-electron chi connectivity index (χ4n) is 2.11.